The fourth-order valence-electron chi connectivity index (χ4n) is 6.07. The summed E-state index contributed by atoms with van der Waals surface area (Å²) in [6.45, 7) is 5.12. The van der Waals surface area contributed by atoms with Gasteiger partial charge in [-0.25, -0.2) is 0 Å². The predicted octanol–water partition coefficient (Wildman–Crippen LogP) is 5.46. The molecule has 2 saturated heterocycles. The lowest BCUT2D eigenvalue weighted by Crippen LogP contribution is -2.40. The minimum absolute atomic E-state index is 0.0818. The number of benzene rings is 3. The molecule has 0 bridgehead atoms. The van der Waals surface area contributed by atoms with Gasteiger partial charge >= 0.3 is 0 Å². The molecule has 0 saturated carbocycles. The van der Waals surface area contributed by atoms with Crippen molar-refractivity contribution >= 4 is 17.5 Å². The van der Waals surface area contributed by atoms with Crippen LogP contribution in [0.5, 0.6) is 0 Å². The molecule has 1 atom stereocenters. The smallest absolute Gasteiger partial charge is 0.232 e. The number of nitrogens with zero attached hydrogens (tertiary/aromatic N) is 3. The van der Waals surface area contributed by atoms with Gasteiger partial charge < -0.3 is 14.7 Å². The van der Waals surface area contributed by atoms with Crippen molar-refractivity contribution in [3.63, 3.8) is 0 Å². The van der Waals surface area contributed by atoms with Crippen LogP contribution in [0.1, 0.15) is 36.8 Å². The highest BCUT2D eigenvalue weighted by Crippen LogP contribution is 2.25. The van der Waals surface area contributed by atoms with E-state index in [-0.39, 0.29) is 17.7 Å². The molecule has 2 aliphatic heterocycles. The molecule has 39 heavy (non-hydrogen) atoms. The molecule has 5 heteroatoms. The van der Waals surface area contributed by atoms with Gasteiger partial charge in [0.1, 0.15) is 0 Å². The Kier molecular flexibility index (Phi) is 9.44. The lowest BCUT2D eigenvalue weighted by atomic mass is 9.90. The number of hydrogen-bond acceptors (Lipinski definition) is 3. The first-order chi connectivity index (χ1) is 19.2. The van der Waals surface area contributed by atoms with Crippen LogP contribution in [-0.2, 0) is 22.4 Å². The Balaban J connectivity index is 1.12. The summed E-state index contributed by atoms with van der Waals surface area (Å²) in [6.07, 6.45) is 5.71. The van der Waals surface area contributed by atoms with E-state index in [1.54, 1.807) is 0 Å². The van der Waals surface area contributed by atoms with Crippen molar-refractivity contribution in [2.24, 2.45) is 11.8 Å². The molecule has 0 radical (unpaired) electrons. The minimum atomic E-state index is -0.276. The van der Waals surface area contributed by atoms with Crippen molar-refractivity contribution in [1.29, 1.82) is 0 Å². The molecular formula is C34H41N3O2. The average Bonchev–Trinajstić information content (AvgIpc) is 3.36. The molecule has 5 nitrogen and oxygen atoms in total. The molecule has 1 unspecified atom stereocenters. The third kappa shape index (κ3) is 7.57. The number of carbonyl (C=O) groups is 2. The second kappa shape index (κ2) is 13.6. The lowest BCUT2D eigenvalue weighted by Gasteiger charge is -2.33. The molecule has 3 aromatic rings. The van der Waals surface area contributed by atoms with Crippen molar-refractivity contribution < 1.29 is 9.59 Å². The van der Waals surface area contributed by atoms with Crippen LogP contribution < -0.4 is 4.90 Å². The van der Waals surface area contributed by atoms with Crippen LogP contribution in [0.2, 0.25) is 0 Å². The molecule has 0 N–H and O–H groups in total. The quantitative estimate of drug-likeness (QED) is 0.335. The summed E-state index contributed by atoms with van der Waals surface area (Å²) in [6, 6.07) is 31.0. The second-order valence-corrected chi connectivity index (χ2v) is 11.1. The van der Waals surface area contributed by atoms with E-state index in [1.807, 2.05) is 58.3 Å². The summed E-state index contributed by atoms with van der Waals surface area (Å²) in [7, 11) is 0. The van der Waals surface area contributed by atoms with Crippen molar-refractivity contribution in [1.82, 2.24) is 9.80 Å². The molecule has 3 aromatic carbocycles. The van der Waals surface area contributed by atoms with Crippen LogP contribution in [0.3, 0.4) is 0 Å². The summed E-state index contributed by atoms with van der Waals surface area (Å²) in [5, 5.41) is 0. The van der Waals surface area contributed by atoms with E-state index >= 15 is 0 Å². The summed E-state index contributed by atoms with van der Waals surface area (Å²) >= 11 is 0. The maximum Gasteiger partial charge on any atom is 0.232 e. The summed E-state index contributed by atoms with van der Waals surface area (Å²) in [5.74, 6) is 0.659. The van der Waals surface area contributed by atoms with Gasteiger partial charge in [0.2, 0.25) is 11.8 Å². The number of anilines is 1. The van der Waals surface area contributed by atoms with Crippen LogP contribution in [0.15, 0.2) is 91.0 Å². The molecule has 5 rings (SSSR count). The van der Waals surface area contributed by atoms with Gasteiger partial charge in [-0.3, -0.25) is 9.59 Å². The zero-order valence-corrected chi connectivity index (χ0v) is 23.0. The average molecular weight is 524 g/mol. The monoisotopic (exact) mass is 523 g/mol. The van der Waals surface area contributed by atoms with Gasteiger partial charge in [0, 0.05) is 31.7 Å². The van der Waals surface area contributed by atoms with E-state index in [4.69, 9.17) is 0 Å². The highest BCUT2D eigenvalue weighted by Gasteiger charge is 2.36. The number of likely N-dealkylation sites (tertiary alicyclic amines) is 2. The topological polar surface area (TPSA) is 43.9 Å². The number of carbonyl (C=O) groups excluding carboxylic acids is 2. The molecule has 2 amide bonds. The van der Waals surface area contributed by atoms with Gasteiger partial charge in [-0.05, 0) is 80.9 Å². The van der Waals surface area contributed by atoms with E-state index in [0.29, 0.717) is 26.1 Å². The lowest BCUT2D eigenvalue weighted by molar-refractivity contribution is -0.128. The zero-order valence-electron chi connectivity index (χ0n) is 23.0. The van der Waals surface area contributed by atoms with Crippen molar-refractivity contribution in [3.05, 3.63) is 102 Å². The number of rotatable bonds is 11. The van der Waals surface area contributed by atoms with Gasteiger partial charge in [-0.2, -0.15) is 0 Å². The normalized spacial score (nSPS) is 18.4. The molecule has 0 aliphatic carbocycles. The van der Waals surface area contributed by atoms with Gasteiger partial charge in [0.05, 0.1) is 5.92 Å². The van der Waals surface area contributed by atoms with Gasteiger partial charge in [-0.15, -0.1) is 0 Å². The second-order valence-electron chi connectivity index (χ2n) is 11.1. The van der Waals surface area contributed by atoms with Gasteiger partial charge in [0.25, 0.3) is 0 Å². The van der Waals surface area contributed by atoms with Crippen LogP contribution >= 0.6 is 0 Å². The standard InChI is InChI=1S/C34H41N3O2/c38-33-26-31(27-36(33)24-19-28-11-4-1-5-12-28)34(39)37(32-15-8-3-9-16-32)21-10-20-35-22-17-30(18-23-35)25-29-13-6-2-7-14-29/h1-9,11-16,30-31H,10,17-27H2. The molecule has 0 spiro atoms. The fraction of sp³-hybridized carbons (Fsp3) is 0.412. The fourth-order valence-corrected chi connectivity index (χ4v) is 6.07. The Morgan fingerprint density at radius 2 is 1.41 bits per heavy atom. The van der Waals surface area contributed by atoms with E-state index < -0.39 is 0 Å². The summed E-state index contributed by atoms with van der Waals surface area (Å²) in [4.78, 5) is 32.9. The van der Waals surface area contributed by atoms with Crippen LogP contribution in [0, 0.1) is 11.8 Å². The summed E-state index contributed by atoms with van der Waals surface area (Å²) < 4.78 is 0. The third-order valence-electron chi connectivity index (χ3n) is 8.34. The zero-order chi connectivity index (χ0) is 26.9. The van der Waals surface area contributed by atoms with Crippen molar-refractivity contribution in [2.45, 2.75) is 38.5 Å². The van der Waals surface area contributed by atoms with E-state index in [9.17, 15) is 9.59 Å². The van der Waals surface area contributed by atoms with Gasteiger partial charge in [-0.1, -0.05) is 78.9 Å². The molecular weight excluding hydrogens is 482 g/mol. The highest BCUT2D eigenvalue weighted by atomic mass is 16.2. The Labute approximate surface area is 233 Å². The number of amides is 2. The SMILES string of the molecule is O=C1CC(C(=O)N(CCCN2CCC(Cc3ccccc3)CC2)c2ccccc2)CN1CCc1ccccc1. The van der Waals surface area contributed by atoms with E-state index in [0.717, 1.165) is 44.1 Å². The minimum Gasteiger partial charge on any atom is -0.342 e. The molecule has 0 aromatic heterocycles. The Morgan fingerprint density at radius 3 is 2.08 bits per heavy atom. The first kappa shape index (κ1) is 27.1. The van der Waals surface area contributed by atoms with Gasteiger partial charge in [0.15, 0.2) is 0 Å². The molecule has 204 valence electrons. The van der Waals surface area contributed by atoms with Crippen LogP contribution in [-0.4, -0.2) is 60.9 Å². The highest BCUT2D eigenvalue weighted by molar-refractivity contribution is 5.99. The maximum atomic E-state index is 13.7. The largest absolute Gasteiger partial charge is 0.342 e. The van der Waals surface area contributed by atoms with Crippen LogP contribution in [0.4, 0.5) is 5.69 Å². The maximum absolute atomic E-state index is 13.7. The number of para-hydroxylation sites is 1. The third-order valence-corrected chi connectivity index (χ3v) is 8.34. The Bertz CT molecular complexity index is 1180. The van der Waals surface area contributed by atoms with Crippen molar-refractivity contribution in [3.8, 4) is 0 Å². The van der Waals surface area contributed by atoms with Crippen LogP contribution in [0.25, 0.3) is 0 Å². The van der Waals surface area contributed by atoms with E-state index in [1.165, 1.54) is 30.4 Å². The first-order valence-corrected chi connectivity index (χ1v) is 14.6. The Morgan fingerprint density at radius 1 is 0.795 bits per heavy atom. The number of piperidine rings is 1. The Hall–Kier alpha value is -3.44. The summed E-state index contributed by atoms with van der Waals surface area (Å²) in [5.41, 5.74) is 3.59. The molecule has 2 aliphatic rings. The number of hydrogen-bond donors (Lipinski definition) is 0. The molecule has 2 heterocycles. The molecule has 2 fully saturated rings. The van der Waals surface area contributed by atoms with E-state index in [2.05, 4.69) is 47.4 Å². The predicted molar refractivity (Wildman–Crippen MR) is 158 cm³/mol. The van der Waals surface area contributed by atoms with Crippen molar-refractivity contribution in [2.75, 3.05) is 44.2 Å². The first-order valence-electron chi connectivity index (χ1n) is 14.6.